The summed E-state index contributed by atoms with van der Waals surface area (Å²) in [4.78, 5) is 12.4. The third-order valence-corrected chi connectivity index (χ3v) is 3.63. The third-order valence-electron chi connectivity index (χ3n) is 3.63. The molecule has 2 rings (SSSR count). The molecule has 1 saturated carbocycles. The Labute approximate surface area is 89.7 Å². The van der Waals surface area contributed by atoms with E-state index in [0.717, 1.165) is 32.1 Å². The molecule has 1 aromatic rings. The lowest BCUT2D eigenvalue weighted by atomic mass is 9.79. The van der Waals surface area contributed by atoms with E-state index in [1.54, 1.807) is 10.9 Å². The molecular weight excluding hydrogens is 190 g/mol. The zero-order chi connectivity index (χ0) is 10.9. The van der Waals surface area contributed by atoms with Gasteiger partial charge in [-0.25, -0.2) is 0 Å². The number of hydrogen-bond acceptors (Lipinski definition) is 3. The molecule has 1 aromatic heterocycles. The van der Waals surface area contributed by atoms with Crippen LogP contribution in [0.2, 0.25) is 0 Å². The van der Waals surface area contributed by atoms with Gasteiger partial charge in [0.1, 0.15) is 6.33 Å². The van der Waals surface area contributed by atoms with Gasteiger partial charge in [0.25, 0.3) is 0 Å². The van der Waals surface area contributed by atoms with Crippen molar-refractivity contribution in [2.24, 2.45) is 12.5 Å². The van der Waals surface area contributed by atoms with Crippen molar-refractivity contribution in [2.45, 2.75) is 39.0 Å². The lowest BCUT2D eigenvalue weighted by Gasteiger charge is -2.24. The summed E-state index contributed by atoms with van der Waals surface area (Å²) in [6, 6.07) is 0. The molecule has 1 aliphatic carbocycles. The van der Waals surface area contributed by atoms with Crippen LogP contribution >= 0.6 is 0 Å². The first-order valence-corrected chi connectivity index (χ1v) is 5.58. The molecule has 4 nitrogen and oxygen atoms in total. The van der Waals surface area contributed by atoms with Gasteiger partial charge in [-0.3, -0.25) is 4.79 Å². The summed E-state index contributed by atoms with van der Waals surface area (Å²) in [5.74, 6) is 0.696. The van der Waals surface area contributed by atoms with Crippen molar-refractivity contribution in [3.05, 3.63) is 12.2 Å². The molecule has 0 spiro atoms. The maximum absolute atomic E-state index is 12.4. The van der Waals surface area contributed by atoms with E-state index in [1.165, 1.54) is 0 Å². The van der Waals surface area contributed by atoms with Crippen LogP contribution in [0, 0.1) is 5.41 Å². The molecule has 4 heteroatoms. The number of aryl methyl sites for hydroxylation is 1. The fourth-order valence-electron chi connectivity index (χ4n) is 2.52. The molecule has 1 heterocycles. The van der Waals surface area contributed by atoms with E-state index in [4.69, 9.17) is 0 Å². The van der Waals surface area contributed by atoms with Crippen molar-refractivity contribution < 1.29 is 4.79 Å². The molecule has 0 aromatic carbocycles. The highest BCUT2D eigenvalue weighted by Gasteiger charge is 2.41. The standard InChI is InChI=1S/C11H17N3O/c1-3-11(6-4-5-7-11)9(15)10-13-12-8-14(10)2/h8H,3-7H2,1-2H3. The number of carbonyl (C=O) groups excluding carboxylic acids is 1. The number of ketones is 1. The second kappa shape index (κ2) is 3.76. The molecule has 15 heavy (non-hydrogen) atoms. The number of aromatic nitrogens is 3. The molecule has 0 atom stereocenters. The maximum atomic E-state index is 12.4. The van der Waals surface area contributed by atoms with Gasteiger partial charge in [0.05, 0.1) is 0 Å². The Bertz CT molecular complexity index is 364. The number of hydrogen-bond donors (Lipinski definition) is 0. The summed E-state index contributed by atoms with van der Waals surface area (Å²) >= 11 is 0. The second-order valence-corrected chi connectivity index (χ2v) is 4.44. The summed E-state index contributed by atoms with van der Waals surface area (Å²) in [7, 11) is 1.82. The highest BCUT2D eigenvalue weighted by molar-refractivity contribution is 5.97. The van der Waals surface area contributed by atoms with Gasteiger partial charge in [0, 0.05) is 12.5 Å². The first-order valence-electron chi connectivity index (χ1n) is 5.58. The van der Waals surface area contributed by atoms with Crippen LogP contribution in [-0.2, 0) is 7.05 Å². The fourth-order valence-corrected chi connectivity index (χ4v) is 2.52. The van der Waals surface area contributed by atoms with Crippen molar-refractivity contribution in [2.75, 3.05) is 0 Å². The van der Waals surface area contributed by atoms with E-state index in [9.17, 15) is 4.79 Å². The van der Waals surface area contributed by atoms with E-state index >= 15 is 0 Å². The minimum absolute atomic E-state index is 0.152. The molecule has 0 aliphatic heterocycles. The van der Waals surface area contributed by atoms with Gasteiger partial charge >= 0.3 is 0 Å². The monoisotopic (exact) mass is 207 g/mol. The van der Waals surface area contributed by atoms with Crippen molar-refractivity contribution in [3.63, 3.8) is 0 Å². The van der Waals surface area contributed by atoms with Gasteiger partial charge in [0.2, 0.25) is 5.78 Å². The van der Waals surface area contributed by atoms with Crippen LogP contribution in [0.25, 0.3) is 0 Å². The minimum atomic E-state index is -0.152. The Morgan fingerprint density at radius 2 is 2.20 bits per heavy atom. The van der Waals surface area contributed by atoms with E-state index in [1.807, 2.05) is 7.05 Å². The van der Waals surface area contributed by atoms with E-state index in [-0.39, 0.29) is 11.2 Å². The van der Waals surface area contributed by atoms with Crippen molar-refractivity contribution in [3.8, 4) is 0 Å². The highest BCUT2D eigenvalue weighted by atomic mass is 16.1. The van der Waals surface area contributed by atoms with Crippen LogP contribution in [0.5, 0.6) is 0 Å². The van der Waals surface area contributed by atoms with Gasteiger partial charge in [0.15, 0.2) is 5.82 Å². The zero-order valence-electron chi connectivity index (χ0n) is 9.36. The predicted molar refractivity (Wildman–Crippen MR) is 56.5 cm³/mol. The molecule has 1 fully saturated rings. The number of nitrogens with zero attached hydrogens (tertiary/aromatic N) is 3. The zero-order valence-corrected chi connectivity index (χ0v) is 9.36. The molecule has 0 radical (unpaired) electrons. The number of carbonyl (C=O) groups is 1. The molecule has 0 amide bonds. The molecule has 0 N–H and O–H groups in total. The van der Waals surface area contributed by atoms with Crippen molar-refractivity contribution in [1.82, 2.24) is 14.8 Å². The largest absolute Gasteiger partial charge is 0.314 e. The van der Waals surface area contributed by atoms with E-state index in [0.29, 0.717) is 5.82 Å². The molecule has 0 saturated heterocycles. The van der Waals surface area contributed by atoms with Gasteiger partial charge in [-0.05, 0) is 19.3 Å². The first-order chi connectivity index (χ1) is 7.19. The quantitative estimate of drug-likeness (QED) is 0.712. The molecule has 0 bridgehead atoms. The van der Waals surface area contributed by atoms with Crippen LogP contribution in [0.15, 0.2) is 6.33 Å². The highest BCUT2D eigenvalue weighted by Crippen LogP contribution is 2.43. The summed E-state index contributed by atoms with van der Waals surface area (Å²) in [5.41, 5.74) is -0.152. The van der Waals surface area contributed by atoms with Crippen molar-refractivity contribution >= 4 is 5.78 Å². The lowest BCUT2D eigenvalue weighted by molar-refractivity contribution is 0.0775. The van der Waals surface area contributed by atoms with Gasteiger partial charge in [-0.1, -0.05) is 19.8 Å². The summed E-state index contributed by atoms with van der Waals surface area (Å²) in [6.07, 6.45) is 6.85. The van der Waals surface area contributed by atoms with Crippen LogP contribution in [0.3, 0.4) is 0 Å². The average Bonchev–Trinajstić information content (AvgIpc) is 2.86. The summed E-state index contributed by atoms with van der Waals surface area (Å²) < 4.78 is 1.72. The summed E-state index contributed by atoms with van der Waals surface area (Å²) in [5, 5.41) is 7.69. The Morgan fingerprint density at radius 1 is 1.53 bits per heavy atom. The smallest absolute Gasteiger partial charge is 0.206 e. The predicted octanol–water partition coefficient (Wildman–Crippen LogP) is 1.97. The topological polar surface area (TPSA) is 47.8 Å². The van der Waals surface area contributed by atoms with Gasteiger partial charge in [-0.2, -0.15) is 0 Å². The molecule has 1 aliphatic rings. The molecule has 0 unspecified atom stereocenters. The summed E-state index contributed by atoms with van der Waals surface area (Å²) in [6.45, 7) is 2.10. The van der Waals surface area contributed by atoms with Crippen LogP contribution in [-0.4, -0.2) is 20.5 Å². The van der Waals surface area contributed by atoms with Gasteiger partial charge in [-0.15, -0.1) is 10.2 Å². The Kier molecular flexibility index (Phi) is 2.59. The van der Waals surface area contributed by atoms with Crippen molar-refractivity contribution in [1.29, 1.82) is 0 Å². The third kappa shape index (κ3) is 1.58. The minimum Gasteiger partial charge on any atom is -0.314 e. The van der Waals surface area contributed by atoms with Gasteiger partial charge < -0.3 is 4.57 Å². The van der Waals surface area contributed by atoms with E-state index in [2.05, 4.69) is 17.1 Å². The average molecular weight is 207 g/mol. The van der Waals surface area contributed by atoms with E-state index < -0.39 is 0 Å². The van der Waals surface area contributed by atoms with Crippen LogP contribution < -0.4 is 0 Å². The molecular formula is C11H17N3O. The Balaban J connectivity index is 2.30. The Hall–Kier alpha value is -1.19. The maximum Gasteiger partial charge on any atom is 0.206 e. The van der Waals surface area contributed by atoms with Crippen LogP contribution in [0.1, 0.15) is 49.6 Å². The SMILES string of the molecule is CCC1(C(=O)c2nncn2C)CCCC1. The number of rotatable bonds is 3. The second-order valence-electron chi connectivity index (χ2n) is 4.44. The Morgan fingerprint density at radius 3 is 2.67 bits per heavy atom. The number of Topliss-reactive ketones (excluding diaryl/α,β-unsaturated/α-hetero) is 1. The van der Waals surface area contributed by atoms with Crippen LogP contribution in [0.4, 0.5) is 0 Å². The first kappa shape index (κ1) is 10.3. The fraction of sp³-hybridized carbons (Fsp3) is 0.727. The molecule has 82 valence electrons. The normalized spacial score (nSPS) is 19.3. The lowest BCUT2D eigenvalue weighted by Crippen LogP contribution is -2.29.